The van der Waals surface area contributed by atoms with Crippen LogP contribution in [-0.2, 0) is 6.54 Å². The van der Waals surface area contributed by atoms with Crippen molar-refractivity contribution in [2.75, 3.05) is 0 Å². The first-order valence-corrected chi connectivity index (χ1v) is 6.52. The van der Waals surface area contributed by atoms with E-state index in [0.29, 0.717) is 5.56 Å². The Morgan fingerprint density at radius 2 is 1.91 bits per heavy atom. The van der Waals surface area contributed by atoms with Gasteiger partial charge in [0.25, 0.3) is 0 Å². The molecule has 0 aliphatic rings. The van der Waals surface area contributed by atoms with Crippen LogP contribution < -0.4 is 0 Å². The summed E-state index contributed by atoms with van der Waals surface area (Å²) in [5.74, 6) is -0.840. The first kappa shape index (κ1) is 13.9. The summed E-state index contributed by atoms with van der Waals surface area (Å²) in [5, 5.41) is 16.8. The van der Waals surface area contributed by atoms with E-state index in [2.05, 4.69) is 10.3 Å². The number of hydrogen-bond donors (Lipinski definition) is 0. The molecule has 0 bridgehead atoms. The molecule has 3 rings (SSSR count). The zero-order chi connectivity index (χ0) is 15.5. The van der Waals surface area contributed by atoms with E-state index >= 15 is 0 Å². The van der Waals surface area contributed by atoms with Gasteiger partial charge in [0.2, 0.25) is 0 Å². The zero-order valence-electron chi connectivity index (χ0n) is 11.4. The normalized spacial score (nSPS) is 10.4. The summed E-state index contributed by atoms with van der Waals surface area (Å²) in [6, 6.07) is 14.0. The fourth-order valence-electron chi connectivity index (χ4n) is 2.23. The summed E-state index contributed by atoms with van der Waals surface area (Å²) in [7, 11) is 0. The van der Waals surface area contributed by atoms with Crippen molar-refractivity contribution in [2.45, 2.75) is 6.54 Å². The van der Waals surface area contributed by atoms with Gasteiger partial charge in [-0.1, -0.05) is 29.5 Å². The number of nitrogens with zero attached hydrogens (tertiary/aromatic N) is 4. The molecule has 0 unspecified atom stereocenters. The minimum absolute atomic E-state index is 0.0292. The van der Waals surface area contributed by atoms with Crippen LogP contribution in [0.3, 0.4) is 0 Å². The first-order chi connectivity index (χ1) is 10.7. The fraction of sp³-hybridized carbons (Fsp3) is 0.0625. The maximum Gasteiger partial charge on any atom is 0.190 e. The van der Waals surface area contributed by atoms with Gasteiger partial charge in [0, 0.05) is 5.56 Å². The van der Waals surface area contributed by atoms with Gasteiger partial charge in [-0.25, -0.2) is 13.5 Å². The number of aromatic nitrogens is 3. The average molecular weight is 296 g/mol. The molecule has 108 valence electrons. The molecule has 0 N–H and O–H groups in total. The van der Waals surface area contributed by atoms with E-state index in [4.69, 9.17) is 5.26 Å². The number of benzene rings is 2. The molecule has 0 aliphatic heterocycles. The number of hydrogen-bond acceptors (Lipinski definition) is 3. The second kappa shape index (κ2) is 5.74. The largest absolute Gasteiger partial charge is 0.239 e. The van der Waals surface area contributed by atoms with Gasteiger partial charge in [-0.15, -0.1) is 5.10 Å². The van der Waals surface area contributed by atoms with Gasteiger partial charge in [0.1, 0.15) is 23.4 Å². The Bertz CT molecular complexity index is 865. The van der Waals surface area contributed by atoms with Crippen molar-refractivity contribution in [2.24, 2.45) is 0 Å². The van der Waals surface area contributed by atoms with Gasteiger partial charge in [0.05, 0.1) is 6.54 Å². The van der Waals surface area contributed by atoms with Crippen molar-refractivity contribution >= 4 is 0 Å². The van der Waals surface area contributed by atoms with Crippen LogP contribution in [0.4, 0.5) is 8.78 Å². The smallest absolute Gasteiger partial charge is 0.190 e. The molecule has 3 aromatic rings. The molecule has 0 radical (unpaired) electrons. The minimum Gasteiger partial charge on any atom is -0.239 e. The molecule has 0 amide bonds. The van der Waals surface area contributed by atoms with Crippen molar-refractivity contribution in [1.82, 2.24) is 15.0 Å². The minimum atomic E-state index is -0.471. The van der Waals surface area contributed by atoms with Gasteiger partial charge < -0.3 is 0 Å². The number of nitriles is 1. The van der Waals surface area contributed by atoms with Gasteiger partial charge in [-0.2, -0.15) is 5.26 Å². The van der Waals surface area contributed by atoms with Crippen LogP contribution in [0.1, 0.15) is 11.3 Å². The summed E-state index contributed by atoms with van der Waals surface area (Å²) < 4.78 is 28.7. The Labute approximate surface area is 125 Å². The van der Waals surface area contributed by atoms with Crippen LogP contribution in [0.5, 0.6) is 0 Å². The van der Waals surface area contributed by atoms with Crippen LogP contribution in [0.15, 0.2) is 48.5 Å². The summed E-state index contributed by atoms with van der Waals surface area (Å²) in [4.78, 5) is 0. The third kappa shape index (κ3) is 2.56. The van der Waals surface area contributed by atoms with Gasteiger partial charge in [0.15, 0.2) is 5.69 Å². The Kier molecular flexibility index (Phi) is 3.62. The highest BCUT2D eigenvalue weighted by Crippen LogP contribution is 2.25. The molecule has 22 heavy (non-hydrogen) atoms. The van der Waals surface area contributed by atoms with E-state index in [-0.39, 0.29) is 29.3 Å². The Hall–Kier alpha value is -3.07. The van der Waals surface area contributed by atoms with Gasteiger partial charge >= 0.3 is 0 Å². The molecule has 0 fully saturated rings. The topological polar surface area (TPSA) is 54.5 Å². The molecule has 0 atom stereocenters. The van der Waals surface area contributed by atoms with E-state index in [1.54, 1.807) is 30.3 Å². The molecular weight excluding hydrogens is 286 g/mol. The summed E-state index contributed by atoms with van der Waals surface area (Å²) in [6.07, 6.45) is 0. The average Bonchev–Trinajstić information content (AvgIpc) is 2.90. The molecule has 0 saturated heterocycles. The third-order valence-electron chi connectivity index (χ3n) is 3.19. The summed E-state index contributed by atoms with van der Waals surface area (Å²) >= 11 is 0. The molecular formula is C16H10F2N4. The third-order valence-corrected chi connectivity index (χ3v) is 3.19. The summed E-state index contributed by atoms with van der Waals surface area (Å²) in [6.45, 7) is 0.191. The number of rotatable bonds is 3. The maximum absolute atomic E-state index is 14.0. The lowest BCUT2D eigenvalue weighted by molar-refractivity contribution is 0.610. The van der Waals surface area contributed by atoms with E-state index in [0.717, 1.165) is 0 Å². The van der Waals surface area contributed by atoms with E-state index < -0.39 is 5.82 Å². The second-order valence-electron chi connectivity index (χ2n) is 4.67. The van der Waals surface area contributed by atoms with E-state index in [1.165, 1.54) is 22.9 Å². The molecule has 0 aliphatic carbocycles. The Balaban J connectivity index is 2.09. The van der Waals surface area contributed by atoms with Crippen LogP contribution in [-0.4, -0.2) is 15.0 Å². The van der Waals surface area contributed by atoms with Crippen molar-refractivity contribution in [1.29, 1.82) is 5.26 Å². The highest BCUT2D eigenvalue weighted by Gasteiger charge is 2.18. The van der Waals surface area contributed by atoms with Crippen LogP contribution in [0, 0.1) is 23.0 Å². The van der Waals surface area contributed by atoms with Crippen molar-refractivity contribution in [3.63, 3.8) is 0 Å². The molecule has 1 aromatic heterocycles. The molecule has 0 saturated carbocycles. The zero-order valence-corrected chi connectivity index (χ0v) is 11.4. The highest BCUT2D eigenvalue weighted by atomic mass is 19.1. The van der Waals surface area contributed by atoms with Crippen molar-refractivity contribution in [3.8, 4) is 17.3 Å². The standard InChI is InChI=1S/C16H10F2N4/c17-12-5-3-4-11(8-12)10-22-16(15(9-19)20-21-22)13-6-1-2-7-14(13)18/h1-8H,10H2. The molecule has 0 spiro atoms. The molecule has 1 heterocycles. The lowest BCUT2D eigenvalue weighted by Crippen LogP contribution is -2.05. The fourth-order valence-corrected chi connectivity index (χ4v) is 2.23. The van der Waals surface area contributed by atoms with Crippen LogP contribution in [0.25, 0.3) is 11.3 Å². The predicted octanol–water partition coefficient (Wildman–Crippen LogP) is 3.14. The molecule has 4 nitrogen and oxygen atoms in total. The highest BCUT2D eigenvalue weighted by molar-refractivity contribution is 5.65. The van der Waals surface area contributed by atoms with E-state index in [1.807, 2.05) is 6.07 Å². The van der Waals surface area contributed by atoms with Gasteiger partial charge in [-0.05, 0) is 29.8 Å². The van der Waals surface area contributed by atoms with Gasteiger partial charge in [-0.3, -0.25) is 0 Å². The van der Waals surface area contributed by atoms with Crippen LogP contribution >= 0.6 is 0 Å². The summed E-state index contributed by atoms with van der Waals surface area (Å²) in [5.41, 5.74) is 1.19. The monoisotopic (exact) mass is 296 g/mol. The number of halogens is 2. The second-order valence-corrected chi connectivity index (χ2v) is 4.67. The van der Waals surface area contributed by atoms with E-state index in [9.17, 15) is 8.78 Å². The van der Waals surface area contributed by atoms with Crippen LogP contribution in [0.2, 0.25) is 0 Å². The first-order valence-electron chi connectivity index (χ1n) is 6.52. The Morgan fingerprint density at radius 1 is 1.09 bits per heavy atom. The maximum atomic E-state index is 14.0. The predicted molar refractivity (Wildman–Crippen MR) is 75.6 cm³/mol. The van der Waals surface area contributed by atoms with Crippen molar-refractivity contribution in [3.05, 3.63) is 71.4 Å². The SMILES string of the molecule is N#Cc1nnn(Cc2cccc(F)c2)c1-c1ccccc1F. The quantitative estimate of drug-likeness (QED) is 0.746. The Morgan fingerprint density at radius 3 is 2.64 bits per heavy atom. The lowest BCUT2D eigenvalue weighted by atomic mass is 10.1. The molecule has 2 aromatic carbocycles. The van der Waals surface area contributed by atoms with Crippen molar-refractivity contribution < 1.29 is 8.78 Å². The lowest BCUT2D eigenvalue weighted by Gasteiger charge is -2.08. The molecule has 6 heteroatoms.